The normalized spacial score (nSPS) is 20.4. The van der Waals surface area contributed by atoms with E-state index in [1.807, 2.05) is 12.1 Å². The second kappa shape index (κ2) is 7.76. The predicted octanol–water partition coefficient (Wildman–Crippen LogP) is 2.89. The number of rotatable bonds is 5. The zero-order chi connectivity index (χ0) is 23.5. The number of sulfone groups is 1. The summed E-state index contributed by atoms with van der Waals surface area (Å²) in [5, 5.41) is 14.1. The van der Waals surface area contributed by atoms with Crippen molar-refractivity contribution in [2.75, 3.05) is 32.8 Å². The van der Waals surface area contributed by atoms with Crippen LogP contribution in [0.2, 0.25) is 0 Å². The highest BCUT2D eigenvalue weighted by Crippen LogP contribution is 2.49. The first kappa shape index (κ1) is 21.5. The number of nitrogens with zero attached hydrogens (tertiary/aromatic N) is 3. The summed E-state index contributed by atoms with van der Waals surface area (Å²) in [5.41, 5.74) is 3.17. The highest BCUT2D eigenvalue weighted by Gasteiger charge is 2.45. The monoisotopic (exact) mass is 479 g/mol. The van der Waals surface area contributed by atoms with Crippen molar-refractivity contribution in [2.45, 2.75) is 28.9 Å². The molecule has 6 rings (SSSR count). The summed E-state index contributed by atoms with van der Waals surface area (Å²) in [7, 11) is -3.64. The van der Waals surface area contributed by atoms with Crippen LogP contribution < -0.4 is 0 Å². The van der Waals surface area contributed by atoms with E-state index >= 15 is 0 Å². The minimum Gasteiger partial charge on any atom is -0.476 e. The fourth-order valence-electron chi connectivity index (χ4n) is 5.26. The predicted molar refractivity (Wildman–Crippen MR) is 125 cm³/mol. The quantitative estimate of drug-likeness (QED) is 0.600. The number of ether oxygens (including phenoxy) is 1. The summed E-state index contributed by atoms with van der Waals surface area (Å²) < 4.78 is 32.7. The van der Waals surface area contributed by atoms with Crippen molar-refractivity contribution >= 4 is 15.8 Å². The van der Waals surface area contributed by atoms with E-state index in [9.17, 15) is 18.3 Å². The van der Waals surface area contributed by atoms with Gasteiger partial charge in [-0.3, -0.25) is 4.90 Å². The number of hydrogen-bond donors (Lipinski definition) is 1. The van der Waals surface area contributed by atoms with Crippen LogP contribution in [-0.4, -0.2) is 67.0 Å². The minimum atomic E-state index is -3.64. The second-order valence-electron chi connectivity index (χ2n) is 9.36. The van der Waals surface area contributed by atoms with E-state index in [4.69, 9.17) is 4.74 Å². The molecular weight excluding hydrogens is 454 g/mol. The van der Waals surface area contributed by atoms with Crippen LogP contribution in [0.3, 0.4) is 0 Å². The lowest BCUT2D eigenvalue weighted by molar-refractivity contribution is 0.0336. The van der Waals surface area contributed by atoms with Gasteiger partial charge in [-0.05, 0) is 36.6 Å². The van der Waals surface area contributed by atoms with Crippen molar-refractivity contribution < 1.29 is 23.1 Å². The zero-order valence-corrected chi connectivity index (χ0v) is 19.4. The summed E-state index contributed by atoms with van der Waals surface area (Å²) in [4.78, 5) is 14.6. The number of carboxylic acids is 1. The SMILES string of the molecule is O=C(O)c1nn(-c2ccc(C3(CN4CCOCC4)CC3)cc2)c2c1CS(=O)(=O)c1ccccc1-2. The molecule has 2 fully saturated rings. The Morgan fingerprint density at radius 2 is 1.76 bits per heavy atom. The summed E-state index contributed by atoms with van der Waals surface area (Å²) in [6.07, 6.45) is 2.30. The number of morpholine rings is 1. The van der Waals surface area contributed by atoms with Gasteiger partial charge in [-0.25, -0.2) is 17.9 Å². The Hall–Kier alpha value is -3.01. The summed E-state index contributed by atoms with van der Waals surface area (Å²) >= 11 is 0. The third kappa shape index (κ3) is 3.46. The molecule has 1 N–H and O–H groups in total. The van der Waals surface area contributed by atoms with Crippen LogP contribution in [0.1, 0.15) is 34.5 Å². The van der Waals surface area contributed by atoms with Crippen molar-refractivity contribution in [2.24, 2.45) is 0 Å². The smallest absolute Gasteiger partial charge is 0.356 e. The van der Waals surface area contributed by atoms with Gasteiger partial charge in [-0.1, -0.05) is 30.3 Å². The highest BCUT2D eigenvalue weighted by molar-refractivity contribution is 7.90. The Labute approximate surface area is 197 Å². The van der Waals surface area contributed by atoms with Crippen LogP contribution in [0, 0.1) is 0 Å². The van der Waals surface area contributed by atoms with E-state index < -0.39 is 15.8 Å². The molecule has 3 aliphatic rings. The van der Waals surface area contributed by atoms with Gasteiger partial charge in [0.2, 0.25) is 0 Å². The molecule has 0 spiro atoms. The second-order valence-corrected chi connectivity index (χ2v) is 11.3. The van der Waals surface area contributed by atoms with E-state index in [0.29, 0.717) is 16.9 Å². The first-order valence-corrected chi connectivity index (χ1v) is 13.1. The maximum absolute atomic E-state index is 12.8. The van der Waals surface area contributed by atoms with Gasteiger partial charge in [0.05, 0.1) is 35.2 Å². The lowest BCUT2D eigenvalue weighted by Crippen LogP contribution is -2.41. The molecule has 9 heteroatoms. The molecule has 1 saturated heterocycles. The number of aromatic nitrogens is 2. The first-order valence-electron chi connectivity index (χ1n) is 11.5. The van der Waals surface area contributed by atoms with Gasteiger partial charge in [0.15, 0.2) is 15.5 Å². The molecule has 176 valence electrons. The molecule has 0 amide bonds. The van der Waals surface area contributed by atoms with Gasteiger partial charge in [-0.2, -0.15) is 5.10 Å². The molecule has 2 aliphatic heterocycles. The average molecular weight is 480 g/mol. The molecule has 3 aromatic rings. The number of carbonyl (C=O) groups is 1. The van der Waals surface area contributed by atoms with Gasteiger partial charge in [-0.15, -0.1) is 0 Å². The van der Waals surface area contributed by atoms with Gasteiger partial charge in [0, 0.05) is 36.2 Å². The maximum atomic E-state index is 12.8. The summed E-state index contributed by atoms with van der Waals surface area (Å²) in [5.74, 6) is -1.61. The van der Waals surface area contributed by atoms with Gasteiger partial charge < -0.3 is 9.84 Å². The molecule has 0 unspecified atom stereocenters. The number of benzene rings is 2. The van der Waals surface area contributed by atoms with Gasteiger partial charge in [0.1, 0.15) is 0 Å². The number of aromatic carboxylic acids is 1. The molecule has 1 aromatic heterocycles. The van der Waals surface area contributed by atoms with Gasteiger partial charge >= 0.3 is 5.97 Å². The lowest BCUT2D eigenvalue weighted by atomic mass is 9.94. The Kier molecular flexibility index (Phi) is 4.91. The van der Waals surface area contributed by atoms with E-state index in [1.54, 1.807) is 28.9 Å². The average Bonchev–Trinajstić information content (AvgIpc) is 3.51. The topological polar surface area (TPSA) is 102 Å². The molecule has 2 aromatic carbocycles. The Bertz CT molecular complexity index is 1380. The largest absolute Gasteiger partial charge is 0.476 e. The Morgan fingerprint density at radius 1 is 1.06 bits per heavy atom. The van der Waals surface area contributed by atoms with E-state index in [0.717, 1.165) is 45.7 Å². The molecule has 8 nitrogen and oxygen atoms in total. The van der Waals surface area contributed by atoms with Crippen molar-refractivity contribution in [1.29, 1.82) is 0 Å². The fourth-order valence-corrected chi connectivity index (χ4v) is 6.85. The molecule has 0 radical (unpaired) electrons. The summed E-state index contributed by atoms with van der Waals surface area (Å²) in [6.45, 7) is 4.49. The number of carboxylic acid groups (broad SMARTS) is 1. The van der Waals surface area contributed by atoms with Crippen LogP contribution in [0.5, 0.6) is 0 Å². The standard InChI is InChI=1S/C25H25N3O5S/c29-24(30)22-20-15-34(31,32)21-4-2-1-3-19(21)23(20)28(26-22)18-7-5-17(6-8-18)25(9-10-25)16-27-11-13-33-14-12-27/h1-8H,9-16H2,(H,29,30). The molecule has 1 saturated carbocycles. The molecule has 34 heavy (non-hydrogen) atoms. The molecule has 1 aliphatic carbocycles. The van der Waals surface area contributed by atoms with E-state index in [1.165, 1.54) is 5.56 Å². The zero-order valence-electron chi connectivity index (χ0n) is 18.6. The fraction of sp³-hybridized carbons (Fsp3) is 0.360. The van der Waals surface area contributed by atoms with Crippen LogP contribution >= 0.6 is 0 Å². The minimum absolute atomic E-state index is 0.159. The molecule has 0 atom stereocenters. The maximum Gasteiger partial charge on any atom is 0.356 e. The van der Waals surface area contributed by atoms with Crippen LogP contribution in [0.25, 0.3) is 16.9 Å². The third-order valence-electron chi connectivity index (χ3n) is 7.21. The third-order valence-corrected chi connectivity index (χ3v) is 8.90. The Morgan fingerprint density at radius 3 is 2.44 bits per heavy atom. The van der Waals surface area contributed by atoms with Crippen molar-refractivity contribution in [3.8, 4) is 16.9 Å². The van der Waals surface area contributed by atoms with Crippen LogP contribution in [-0.2, 0) is 25.7 Å². The van der Waals surface area contributed by atoms with Crippen LogP contribution in [0.15, 0.2) is 53.4 Å². The molecule has 3 heterocycles. The lowest BCUT2D eigenvalue weighted by Gasteiger charge is -2.30. The highest BCUT2D eigenvalue weighted by atomic mass is 32.2. The van der Waals surface area contributed by atoms with Crippen LogP contribution in [0.4, 0.5) is 0 Å². The van der Waals surface area contributed by atoms with Gasteiger partial charge in [0.25, 0.3) is 0 Å². The number of fused-ring (bicyclic) bond motifs is 3. The number of hydrogen-bond acceptors (Lipinski definition) is 6. The van der Waals surface area contributed by atoms with Crippen molar-refractivity contribution in [1.82, 2.24) is 14.7 Å². The van der Waals surface area contributed by atoms with E-state index in [2.05, 4.69) is 22.1 Å². The van der Waals surface area contributed by atoms with Crippen molar-refractivity contribution in [3.05, 3.63) is 65.4 Å². The first-order chi connectivity index (χ1) is 16.4. The molecule has 0 bridgehead atoms. The van der Waals surface area contributed by atoms with E-state index in [-0.39, 0.29) is 27.3 Å². The Balaban J connectivity index is 1.40. The molecular formula is C25H25N3O5S. The summed E-state index contributed by atoms with van der Waals surface area (Å²) in [6, 6.07) is 14.8. The van der Waals surface area contributed by atoms with Crippen molar-refractivity contribution in [3.63, 3.8) is 0 Å².